The number of hydrogen-bond acceptors (Lipinski definition) is 6. The highest BCUT2D eigenvalue weighted by atomic mass is 31.2. The summed E-state index contributed by atoms with van der Waals surface area (Å²) in [7, 11) is 0.692. The van der Waals surface area contributed by atoms with Crippen LogP contribution in [0.15, 0.2) is 119 Å². The van der Waals surface area contributed by atoms with Gasteiger partial charge in [-0.25, -0.2) is 9.98 Å². The number of aryl methyl sites for hydroxylation is 1. The molecule has 0 saturated carbocycles. The summed E-state index contributed by atoms with van der Waals surface area (Å²) in [4.78, 5) is 10.9. The summed E-state index contributed by atoms with van der Waals surface area (Å²) >= 11 is 0. The summed E-state index contributed by atoms with van der Waals surface area (Å²) in [5.74, 6) is 1.94. The number of nitrogens with zero attached hydrogens (tertiary/aromatic N) is 3. The molecule has 0 aliphatic carbocycles. The van der Waals surface area contributed by atoms with Crippen LogP contribution in [0.1, 0.15) is 81.5 Å². The number of nitrogens with two attached hydrogens (primary N) is 1. The molecule has 1 aliphatic heterocycles. The molecular formula is C41H52FN5OP+. The zero-order chi connectivity index (χ0) is 34.3. The highest BCUT2D eigenvalue weighted by Gasteiger charge is 2.47. The van der Waals surface area contributed by atoms with Gasteiger partial charge in [0.25, 0.3) is 7.57 Å². The second-order valence-electron chi connectivity index (χ2n) is 13.0. The Bertz CT molecular complexity index is 1570. The second kappa shape index (κ2) is 18.5. The fourth-order valence-electron chi connectivity index (χ4n) is 6.19. The number of rotatable bonds is 18. The molecule has 8 heteroatoms. The van der Waals surface area contributed by atoms with E-state index in [0.29, 0.717) is 11.9 Å². The Morgan fingerprint density at radius 2 is 1.16 bits per heavy atom. The van der Waals surface area contributed by atoms with Crippen molar-refractivity contribution in [2.24, 2.45) is 15.7 Å². The molecule has 0 spiro atoms. The number of ether oxygens (including phenoxy) is 1. The van der Waals surface area contributed by atoms with Crippen LogP contribution in [0.5, 0.6) is 5.75 Å². The number of unbranched alkanes of at least 4 members (excludes halogenated alkanes) is 9. The molecule has 6 nitrogen and oxygen atoms in total. The average molecular weight is 681 g/mol. The van der Waals surface area contributed by atoms with Crippen LogP contribution in [0, 0.1) is 0 Å². The minimum atomic E-state index is -3.15. The first kappa shape index (κ1) is 36.1. The number of hydrogen-bond donors (Lipinski definition) is 2. The maximum Gasteiger partial charge on any atom is 0.298 e. The van der Waals surface area contributed by atoms with Crippen molar-refractivity contribution >= 4 is 35.4 Å². The van der Waals surface area contributed by atoms with Gasteiger partial charge in [-0.15, -0.1) is 0 Å². The Kier molecular flexibility index (Phi) is 13.6. The lowest BCUT2D eigenvalue weighted by molar-refractivity contribution is 0.304. The molecule has 3 N–H and O–H groups in total. The first-order valence-electron chi connectivity index (χ1n) is 17.8. The first-order chi connectivity index (χ1) is 23.9. The molecule has 0 fully saturated rings. The molecule has 1 atom stereocenters. The lowest BCUT2D eigenvalue weighted by atomic mass is 10.0. The van der Waals surface area contributed by atoms with E-state index in [4.69, 9.17) is 10.5 Å². The molecule has 1 aliphatic rings. The molecule has 4 aromatic rings. The Morgan fingerprint density at radius 1 is 0.653 bits per heavy atom. The van der Waals surface area contributed by atoms with Crippen LogP contribution in [-0.4, -0.2) is 37.5 Å². The van der Waals surface area contributed by atoms with Gasteiger partial charge in [0, 0.05) is 14.1 Å². The predicted octanol–water partition coefficient (Wildman–Crippen LogP) is 8.22. The topological polar surface area (TPSA) is 75.2 Å². The fraction of sp³-hybridized carbons (Fsp3) is 0.366. The highest BCUT2D eigenvalue weighted by Crippen LogP contribution is 2.56. The SMILES string of the molecule is CN(C)C1=NC(c2ccc(OCCCCCCCCCCCCc3ccc([P+](F)(c4ccccc4)c4ccccc4)cc3)cc2)N=C(N)N1. The third-order valence-electron chi connectivity index (χ3n) is 8.99. The molecule has 0 amide bonds. The molecule has 1 unspecified atom stereocenters. The quantitative estimate of drug-likeness (QED) is 0.0821. The van der Waals surface area contributed by atoms with Gasteiger partial charge in [-0.1, -0.05) is 112 Å². The fourth-order valence-corrected chi connectivity index (χ4v) is 8.81. The summed E-state index contributed by atoms with van der Waals surface area (Å²) in [5.41, 5.74) is 8.21. The van der Waals surface area contributed by atoms with Gasteiger partial charge in [0.2, 0.25) is 5.96 Å². The minimum Gasteiger partial charge on any atom is -0.494 e. The van der Waals surface area contributed by atoms with Crippen molar-refractivity contribution < 1.29 is 8.93 Å². The molecule has 0 radical (unpaired) electrons. The average Bonchev–Trinajstić information content (AvgIpc) is 3.14. The third-order valence-corrected chi connectivity index (χ3v) is 12.0. The van der Waals surface area contributed by atoms with Gasteiger partial charge in [0.05, 0.1) is 6.61 Å². The normalized spacial score (nSPS) is 14.5. The summed E-state index contributed by atoms with van der Waals surface area (Å²) in [6, 6.07) is 35.6. The highest BCUT2D eigenvalue weighted by molar-refractivity contribution is 7.91. The van der Waals surface area contributed by atoms with E-state index in [1.54, 1.807) is 0 Å². The van der Waals surface area contributed by atoms with Crippen molar-refractivity contribution in [2.45, 2.75) is 76.8 Å². The number of nitrogens with one attached hydrogen (secondary N) is 1. The third kappa shape index (κ3) is 10.4. The maximum atomic E-state index is 16.9. The Labute approximate surface area is 293 Å². The van der Waals surface area contributed by atoms with Crippen molar-refractivity contribution in [1.82, 2.24) is 10.2 Å². The van der Waals surface area contributed by atoms with Crippen LogP contribution in [0.3, 0.4) is 0 Å². The van der Waals surface area contributed by atoms with Crippen molar-refractivity contribution in [3.8, 4) is 5.75 Å². The van der Waals surface area contributed by atoms with Crippen LogP contribution in [0.2, 0.25) is 0 Å². The largest absolute Gasteiger partial charge is 0.494 e. The minimum absolute atomic E-state index is 0.343. The second-order valence-corrected chi connectivity index (χ2v) is 15.7. The number of halogens is 1. The Hall–Kier alpha value is -4.22. The Morgan fingerprint density at radius 3 is 1.71 bits per heavy atom. The number of aliphatic imine (C=N–C) groups is 2. The predicted molar refractivity (Wildman–Crippen MR) is 207 cm³/mol. The van der Waals surface area contributed by atoms with Gasteiger partial charge in [-0.2, -0.15) is 0 Å². The maximum absolute atomic E-state index is 16.9. The van der Waals surface area contributed by atoms with Gasteiger partial charge in [-0.05, 0) is 83.1 Å². The molecule has 5 rings (SSSR count). The molecule has 258 valence electrons. The first-order valence-corrected chi connectivity index (χ1v) is 19.5. The van der Waals surface area contributed by atoms with E-state index in [0.717, 1.165) is 46.7 Å². The van der Waals surface area contributed by atoms with E-state index in [1.165, 1.54) is 63.4 Å². The van der Waals surface area contributed by atoms with Crippen LogP contribution in [-0.2, 0) is 6.42 Å². The molecule has 4 aromatic carbocycles. The van der Waals surface area contributed by atoms with Crippen molar-refractivity contribution in [3.05, 3.63) is 120 Å². The summed E-state index contributed by atoms with van der Waals surface area (Å²) in [5, 5.41) is 5.31. The summed E-state index contributed by atoms with van der Waals surface area (Å²) in [6.07, 6.45) is 13.2. The van der Waals surface area contributed by atoms with Gasteiger partial charge in [0.15, 0.2) is 12.1 Å². The zero-order valence-electron chi connectivity index (χ0n) is 29.1. The van der Waals surface area contributed by atoms with Crippen molar-refractivity contribution in [3.63, 3.8) is 0 Å². The van der Waals surface area contributed by atoms with Gasteiger partial charge in [-0.3, -0.25) is 5.32 Å². The van der Waals surface area contributed by atoms with Gasteiger partial charge in [0.1, 0.15) is 21.7 Å². The van der Waals surface area contributed by atoms with E-state index < -0.39 is 7.57 Å². The van der Waals surface area contributed by atoms with Crippen molar-refractivity contribution in [1.29, 1.82) is 0 Å². The van der Waals surface area contributed by atoms with Crippen LogP contribution >= 0.6 is 7.57 Å². The van der Waals surface area contributed by atoms with E-state index in [-0.39, 0.29) is 6.17 Å². The van der Waals surface area contributed by atoms with Gasteiger partial charge < -0.3 is 15.4 Å². The zero-order valence-corrected chi connectivity index (χ0v) is 30.0. The summed E-state index contributed by atoms with van der Waals surface area (Å²) < 4.78 is 22.9. The monoisotopic (exact) mass is 680 g/mol. The van der Waals surface area contributed by atoms with E-state index in [2.05, 4.69) is 27.4 Å². The molecular weight excluding hydrogens is 628 g/mol. The van der Waals surface area contributed by atoms with Crippen LogP contribution < -0.4 is 31.7 Å². The molecule has 0 aromatic heterocycles. The molecule has 1 heterocycles. The smallest absolute Gasteiger partial charge is 0.298 e. The van der Waals surface area contributed by atoms with E-state index >= 15 is 4.20 Å². The number of benzene rings is 4. The lowest BCUT2D eigenvalue weighted by Crippen LogP contribution is -2.46. The van der Waals surface area contributed by atoms with Crippen LogP contribution in [0.4, 0.5) is 4.20 Å². The van der Waals surface area contributed by atoms with E-state index in [1.807, 2.05) is 116 Å². The van der Waals surface area contributed by atoms with Crippen LogP contribution in [0.25, 0.3) is 0 Å². The standard InChI is InChI=1S/C41H52FN5OP/c1-47(2)41-45-39(44-40(43)46-41)34-26-28-35(29-27-34)48-32-18-10-8-6-4-3-5-7-9-13-19-33-24-30-38(31-25-33)49(42,36-20-14-11-15-21-36)37-22-16-12-17-23-37/h11-12,14-17,20-31,39H,3-10,13,18-19,32H2,1-2H3,(H3,43,44,45,46)/q+1. The van der Waals surface area contributed by atoms with E-state index in [9.17, 15) is 0 Å². The lowest BCUT2D eigenvalue weighted by Gasteiger charge is -2.23. The van der Waals surface area contributed by atoms with Gasteiger partial charge >= 0.3 is 0 Å². The number of guanidine groups is 2. The summed E-state index contributed by atoms with van der Waals surface area (Å²) in [6.45, 7) is 0.736. The Balaban J connectivity index is 0.908. The molecule has 0 saturated heterocycles. The molecule has 49 heavy (non-hydrogen) atoms. The molecule has 0 bridgehead atoms. The van der Waals surface area contributed by atoms with Crippen molar-refractivity contribution in [2.75, 3.05) is 20.7 Å².